The van der Waals surface area contributed by atoms with E-state index < -0.39 is 0 Å². The smallest absolute Gasteiger partial charge is 0.139 e. The number of hydrogen-bond acceptors (Lipinski definition) is 1. The van der Waals surface area contributed by atoms with E-state index in [0.717, 1.165) is 12.8 Å². The van der Waals surface area contributed by atoms with Crippen LogP contribution in [-0.2, 0) is 4.79 Å². The molecule has 0 aromatic heterocycles. The summed E-state index contributed by atoms with van der Waals surface area (Å²) in [6, 6.07) is 0. The number of hydrogen-bond donors (Lipinski definition) is 0. The Morgan fingerprint density at radius 2 is 1.92 bits per heavy atom. The predicted molar refractivity (Wildman–Crippen MR) is 50.0 cm³/mol. The maximum absolute atomic E-state index is 11.6. The standard InChI is InChI=1S/C10H16O.B/c1-9(2)7-4-5-10(9,3)8(11)6-7;/h7H,4-6H2,1-3H3;. The number of Topliss-reactive ketones (excluding diaryl/α,β-unsaturated/α-hetero) is 1. The summed E-state index contributed by atoms with van der Waals surface area (Å²) in [5.74, 6) is 1.19. The lowest BCUT2D eigenvalue weighted by Gasteiger charge is -2.32. The molecule has 0 saturated heterocycles. The fourth-order valence-electron chi connectivity index (χ4n) is 2.90. The van der Waals surface area contributed by atoms with Gasteiger partial charge in [-0.25, -0.2) is 0 Å². The molecule has 2 fully saturated rings. The normalized spacial score (nSPS) is 42.9. The first-order chi connectivity index (χ1) is 4.98. The molecular formula is C10H16BO. The van der Waals surface area contributed by atoms with Crippen LogP contribution in [0.3, 0.4) is 0 Å². The van der Waals surface area contributed by atoms with E-state index in [4.69, 9.17) is 0 Å². The summed E-state index contributed by atoms with van der Waals surface area (Å²) in [7, 11) is 0. The monoisotopic (exact) mass is 163 g/mol. The molecule has 0 aliphatic heterocycles. The molecular weight excluding hydrogens is 147 g/mol. The first kappa shape index (κ1) is 9.82. The number of fused-ring (bicyclic) bond motifs is 2. The Bertz CT molecular complexity index is 222. The molecule has 2 aliphatic rings. The molecule has 0 aromatic carbocycles. The van der Waals surface area contributed by atoms with Crippen LogP contribution in [-0.4, -0.2) is 14.2 Å². The molecule has 0 amide bonds. The van der Waals surface area contributed by atoms with Crippen LogP contribution in [0.1, 0.15) is 40.0 Å². The topological polar surface area (TPSA) is 17.1 Å². The van der Waals surface area contributed by atoms with Crippen LogP contribution in [0.25, 0.3) is 0 Å². The highest BCUT2D eigenvalue weighted by molar-refractivity contribution is 5.89. The van der Waals surface area contributed by atoms with Crippen molar-refractivity contribution in [3.05, 3.63) is 0 Å². The van der Waals surface area contributed by atoms with Crippen LogP contribution in [0.15, 0.2) is 0 Å². The molecule has 2 unspecified atom stereocenters. The zero-order valence-electron chi connectivity index (χ0n) is 8.18. The van der Waals surface area contributed by atoms with Gasteiger partial charge in [-0.1, -0.05) is 20.8 Å². The van der Waals surface area contributed by atoms with Gasteiger partial charge in [0, 0.05) is 20.2 Å². The third kappa shape index (κ3) is 0.786. The van der Waals surface area contributed by atoms with Gasteiger partial charge in [-0.3, -0.25) is 4.79 Å². The van der Waals surface area contributed by atoms with Gasteiger partial charge in [0.05, 0.1) is 0 Å². The predicted octanol–water partition coefficient (Wildman–Crippen LogP) is 2.02. The second-order valence-corrected chi connectivity index (χ2v) is 4.92. The van der Waals surface area contributed by atoms with Gasteiger partial charge in [0.25, 0.3) is 0 Å². The molecule has 0 N–H and O–H groups in total. The van der Waals surface area contributed by atoms with E-state index >= 15 is 0 Å². The second-order valence-electron chi connectivity index (χ2n) is 4.92. The van der Waals surface area contributed by atoms with E-state index in [2.05, 4.69) is 20.8 Å². The molecule has 3 radical (unpaired) electrons. The number of rotatable bonds is 0. The summed E-state index contributed by atoms with van der Waals surface area (Å²) in [6.07, 6.45) is 3.25. The molecule has 0 heterocycles. The van der Waals surface area contributed by atoms with E-state index in [-0.39, 0.29) is 19.2 Å². The van der Waals surface area contributed by atoms with Crippen molar-refractivity contribution in [1.82, 2.24) is 0 Å². The molecule has 2 heteroatoms. The van der Waals surface area contributed by atoms with Gasteiger partial charge >= 0.3 is 0 Å². The van der Waals surface area contributed by atoms with Gasteiger partial charge in [0.15, 0.2) is 0 Å². The quantitative estimate of drug-likeness (QED) is 0.499. The fourth-order valence-corrected chi connectivity index (χ4v) is 2.90. The molecule has 2 atom stereocenters. The Morgan fingerprint density at radius 3 is 2.08 bits per heavy atom. The van der Waals surface area contributed by atoms with Gasteiger partial charge in [-0.05, 0) is 24.2 Å². The highest BCUT2D eigenvalue weighted by Crippen LogP contribution is 2.63. The van der Waals surface area contributed by atoms with Crippen LogP contribution >= 0.6 is 0 Å². The average Bonchev–Trinajstić information content (AvgIpc) is 2.20. The first-order valence-corrected chi connectivity index (χ1v) is 4.52. The van der Waals surface area contributed by atoms with Crippen LogP contribution in [0.5, 0.6) is 0 Å². The lowest BCUT2D eigenvalue weighted by atomic mass is 9.70. The van der Waals surface area contributed by atoms with E-state index in [1.165, 1.54) is 6.42 Å². The molecule has 65 valence electrons. The third-order valence-electron chi connectivity index (χ3n) is 4.48. The molecule has 2 rings (SSSR count). The Balaban J connectivity index is 0.000000720. The van der Waals surface area contributed by atoms with Gasteiger partial charge in [-0.15, -0.1) is 0 Å². The van der Waals surface area contributed by atoms with E-state index in [1.807, 2.05) is 0 Å². The number of carbonyl (C=O) groups excluding carboxylic acids is 1. The lowest BCUT2D eigenvalue weighted by Crippen LogP contribution is -2.32. The highest BCUT2D eigenvalue weighted by Gasteiger charge is 2.61. The Hall–Kier alpha value is -0.265. The van der Waals surface area contributed by atoms with E-state index in [0.29, 0.717) is 11.7 Å². The van der Waals surface area contributed by atoms with Crippen molar-refractivity contribution in [2.75, 3.05) is 0 Å². The molecule has 12 heavy (non-hydrogen) atoms. The Kier molecular flexibility index (Phi) is 1.94. The van der Waals surface area contributed by atoms with Crippen LogP contribution in [0, 0.1) is 16.7 Å². The maximum atomic E-state index is 11.6. The average molecular weight is 163 g/mol. The van der Waals surface area contributed by atoms with Gasteiger partial charge in [-0.2, -0.15) is 0 Å². The first-order valence-electron chi connectivity index (χ1n) is 4.52. The summed E-state index contributed by atoms with van der Waals surface area (Å²) in [6.45, 7) is 6.67. The molecule has 2 saturated carbocycles. The van der Waals surface area contributed by atoms with Crippen molar-refractivity contribution in [3.63, 3.8) is 0 Å². The summed E-state index contributed by atoms with van der Waals surface area (Å²) < 4.78 is 0. The van der Waals surface area contributed by atoms with Gasteiger partial charge < -0.3 is 0 Å². The summed E-state index contributed by atoms with van der Waals surface area (Å²) in [5, 5.41) is 0. The molecule has 1 nitrogen and oxygen atoms in total. The minimum atomic E-state index is 0. The van der Waals surface area contributed by atoms with Crippen molar-refractivity contribution in [3.8, 4) is 0 Å². The molecule has 0 spiro atoms. The van der Waals surface area contributed by atoms with Crippen molar-refractivity contribution in [2.45, 2.75) is 40.0 Å². The largest absolute Gasteiger partial charge is 0.299 e. The van der Waals surface area contributed by atoms with Crippen LogP contribution in [0.4, 0.5) is 0 Å². The van der Waals surface area contributed by atoms with E-state index in [1.54, 1.807) is 0 Å². The van der Waals surface area contributed by atoms with Crippen LogP contribution < -0.4 is 0 Å². The SMILES string of the molecule is CC12CCC(CC1=O)C2(C)C.[B]. The molecule has 2 bridgehead atoms. The highest BCUT2D eigenvalue weighted by atomic mass is 16.1. The van der Waals surface area contributed by atoms with Crippen molar-refractivity contribution < 1.29 is 4.79 Å². The number of ketones is 1. The maximum Gasteiger partial charge on any atom is 0.139 e. The van der Waals surface area contributed by atoms with Crippen LogP contribution in [0.2, 0.25) is 0 Å². The lowest BCUT2D eigenvalue weighted by molar-refractivity contribution is -0.128. The Labute approximate surface area is 76.5 Å². The zero-order chi connectivity index (χ0) is 8.28. The fraction of sp³-hybridized carbons (Fsp3) is 0.900. The minimum Gasteiger partial charge on any atom is -0.299 e. The van der Waals surface area contributed by atoms with E-state index in [9.17, 15) is 4.79 Å². The van der Waals surface area contributed by atoms with Gasteiger partial charge in [0.2, 0.25) is 0 Å². The summed E-state index contributed by atoms with van der Waals surface area (Å²) >= 11 is 0. The summed E-state index contributed by atoms with van der Waals surface area (Å²) in [4.78, 5) is 11.6. The Morgan fingerprint density at radius 1 is 1.33 bits per heavy atom. The second kappa shape index (κ2) is 2.37. The van der Waals surface area contributed by atoms with Crippen molar-refractivity contribution in [2.24, 2.45) is 16.7 Å². The van der Waals surface area contributed by atoms with Crippen molar-refractivity contribution in [1.29, 1.82) is 0 Å². The zero-order valence-corrected chi connectivity index (χ0v) is 8.18. The molecule has 2 aliphatic carbocycles. The minimum absolute atomic E-state index is 0. The summed E-state index contributed by atoms with van der Waals surface area (Å²) in [5.41, 5.74) is 0.307. The van der Waals surface area contributed by atoms with Gasteiger partial charge in [0.1, 0.15) is 5.78 Å². The van der Waals surface area contributed by atoms with Crippen molar-refractivity contribution >= 4 is 14.2 Å². The molecule has 0 aromatic rings. The third-order valence-corrected chi connectivity index (χ3v) is 4.48. The number of carbonyl (C=O) groups is 1.